The van der Waals surface area contributed by atoms with Gasteiger partial charge in [-0.05, 0) is 54.4 Å². The number of imide groups is 1. The number of aryl methyl sites for hydroxylation is 1. The normalized spacial score (nSPS) is 19.4. The highest BCUT2D eigenvalue weighted by molar-refractivity contribution is 8.14. The molecule has 2 heterocycles. The topological polar surface area (TPSA) is 86.1 Å². The Kier molecular flexibility index (Phi) is 7.04. The van der Waals surface area contributed by atoms with Gasteiger partial charge in [-0.2, -0.15) is 5.10 Å². The molecule has 3 aromatic carbocycles. The molecule has 3 aromatic rings. The van der Waals surface area contributed by atoms with Gasteiger partial charge in [0.2, 0.25) is 11.8 Å². The predicted octanol–water partition coefficient (Wildman–Crippen LogP) is 5.81. The molecule has 37 heavy (non-hydrogen) atoms. The first-order valence-corrected chi connectivity index (χ1v) is 13.0. The number of carbonyl (C=O) groups excluding carboxylic acids is 2. The van der Waals surface area contributed by atoms with Gasteiger partial charge in [0.05, 0.1) is 24.6 Å². The van der Waals surface area contributed by atoms with Crippen LogP contribution >= 0.6 is 23.4 Å². The van der Waals surface area contributed by atoms with Crippen LogP contribution in [0.15, 0.2) is 77.9 Å². The molecule has 7 nitrogen and oxygen atoms in total. The third-order valence-corrected chi connectivity index (χ3v) is 7.76. The van der Waals surface area contributed by atoms with Gasteiger partial charge in [-0.3, -0.25) is 15.0 Å². The van der Waals surface area contributed by atoms with E-state index in [9.17, 15) is 9.59 Å². The molecule has 1 fully saturated rings. The van der Waals surface area contributed by atoms with Gasteiger partial charge in [0.15, 0.2) is 5.17 Å². The van der Waals surface area contributed by atoms with Crippen molar-refractivity contribution in [2.45, 2.75) is 31.1 Å². The number of hydrogen-bond donors (Lipinski definition) is 1. The van der Waals surface area contributed by atoms with Crippen molar-refractivity contribution in [2.24, 2.45) is 5.10 Å². The Morgan fingerprint density at radius 2 is 1.68 bits per heavy atom. The highest BCUT2D eigenvalue weighted by atomic mass is 35.5. The fourth-order valence-corrected chi connectivity index (χ4v) is 5.55. The number of ether oxygens (including phenoxy) is 1. The lowest BCUT2D eigenvalue weighted by molar-refractivity contribution is -0.121. The number of carbonyl (C=O) groups is 2. The number of anilines is 1. The lowest BCUT2D eigenvalue weighted by Gasteiger charge is -2.24. The van der Waals surface area contributed by atoms with Crippen LogP contribution in [0.2, 0.25) is 5.02 Å². The van der Waals surface area contributed by atoms with Gasteiger partial charge in [-0.15, -0.1) is 0 Å². The summed E-state index contributed by atoms with van der Waals surface area (Å²) in [7, 11) is 1.56. The van der Waals surface area contributed by atoms with Crippen LogP contribution in [-0.2, 0) is 9.59 Å². The molecule has 0 unspecified atom stereocenters. The van der Waals surface area contributed by atoms with Crippen molar-refractivity contribution in [3.63, 3.8) is 0 Å². The van der Waals surface area contributed by atoms with Gasteiger partial charge in [0.25, 0.3) is 0 Å². The van der Waals surface area contributed by atoms with Crippen molar-refractivity contribution in [3.8, 4) is 5.75 Å². The lowest BCUT2D eigenvalue weighted by Crippen LogP contribution is -2.32. The second-order valence-corrected chi connectivity index (χ2v) is 10.5. The molecule has 0 radical (unpaired) electrons. The Bertz CT molecular complexity index is 1370. The molecule has 0 saturated carbocycles. The number of nitrogens with zero attached hydrogens (tertiary/aromatic N) is 3. The van der Waals surface area contributed by atoms with E-state index in [1.807, 2.05) is 55.5 Å². The van der Waals surface area contributed by atoms with Crippen molar-refractivity contribution < 1.29 is 14.3 Å². The summed E-state index contributed by atoms with van der Waals surface area (Å²) in [6.45, 7) is 2.03. The number of amides is 2. The summed E-state index contributed by atoms with van der Waals surface area (Å²) in [6, 6.07) is 22.2. The van der Waals surface area contributed by atoms with Crippen molar-refractivity contribution in [2.75, 3.05) is 12.0 Å². The molecule has 2 atom stereocenters. The average Bonchev–Trinajstić information content (AvgIpc) is 3.46. The lowest BCUT2D eigenvalue weighted by atomic mass is 9.98. The van der Waals surface area contributed by atoms with Crippen LogP contribution in [0.5, 0.6) is 5.75 Å². The molecule has 0 aromatic heterocycles. The maximum atomic E-state index is 13.2. The summed E-state index contributed by atoms with van der Waals surface area (Å²) in [5, 5.41) is 15.4. The van der Waals surface area contributed by atoms with E-state index in [-0.39, 0.29) is 29.4 Å². The number of benzene rings is 3. The summed E-state index contributed by atoms with van der Waals surface area (Å²) >= 11 is 7.17. The quantitative estimate of drug-likeness (QED) is 0.255. The number of hydrogen-bond acceptors (Lipinski definition) is 6. The molecule has 2 aliphatic heterocycles. The predicted molar refractivity (Wildman–Crippen MR) is 148 cm³/mol. The van der Waals surface area contributed by atoms with E-state index in [0.717, 1.165) is 34.2 Å². The number of amidine groups is 1. The van der Waals surface area contributed by atoms with E-state index in [1.54, 1.807) is 36.4 Å². The Balaban J connectivity index is 1.38. The first-order chi connectivity index (χ1) is 17.8. The molecule has 188 valence electrons. The van der Waals surface area contributed by atoms with Gasteiger partial charge in [0.1, 0.15) is 11.0 Å². The van der Waals surface area contributed by atoms with Crippen molar-refractivity contribution in [1.82, 2.24) is 5.01 Å². The molecule has 5 rings (SSSR count). The fourth-order valence-electron chi connectivity index (χ4n) is 4.45. The standard InChI is InChI=1S/C28H25ClN4O3S/c1-17-3-5-18(6-4-17)23-15-24(19-7-9-20(29)10-8-19)33(31-23)28(30)37-25-16-26(34)32(27(25)35)21-11-13-22(36-2)14-12-21/h3-14,24-25,30H,15-16H2,1-2H3/t24-,25+/m0/s1. The molecule has 0 spiro atoms. The molecule has 1 saturated heterocycles. The smallest absolute Gasteiger partial charge is 0.247 e. The summed E-state index contributed by atoms with van der Waals surface area (Å²) in [6.07, 6.45) is 0.620. The zero-order valence-corrected chi connectivity index (χ0v) is 21.9. The number of halogens is 1. The highest BCUT2D eigenvalue weighted by Gasteiger charge is 2.42. The molecule has 9 heteroatoms. The SMILES string of the molecule is COc1ccc(N2C(=O)C[C@@H](SC(=N)N3N=C(c4ccc(C)cc4)C[C@H]3c3ccc(Cl)cc3)C2=O)cc1. The first-order valence-electron chi connectivity index (χ1n) is 11.8. The van der Waals surface area contributed by atoms with E-state index in [4.69, 9.17) is 26.8 Å². The second-order valence-electron chi connectivity index (χ2n) is 8.91. The van der Waals surface area contributed by atoms with Crippen LogP contribution in [0, 0.1) is 12.3 Å². The van der Waals surface area contributed by atoms with E-state index in [0.29, 0.717) is 22.9 Å². The van der Waals surface area contributed by atoms with Gasteiger partial charge in [0, 0.05) is 17.9 Å². The minimum Gasteiger partial charge on any atom is -0.497 e. The van der Waals surface area contributed by atoms with Gasteiger partial charge in [-0.25, -0.2) is 9.91 Å². The number of hydrazone groups is 1. The zero-order valence-electron chi connectivity index (χ0n) is 20.3. The monoisotopic (exact) mass is 532 g/mol. The number of thioether (sulfide) groups is 1. The highest BCUT2D eigenvalue weighted by Crippen LogP contribution is 2.38. The minimum absolute atomic E-state index is 0.0197. The molecule has 0 bridgehead atoms. The van der Waals surface area contributed by atoms with Crippen LogP contribution in [-0.4, -0.2) is 40.1 Å². The van der Waals surface area contributed by atoms with Crippen LogP contribution in [0.3, 0.4) is 0 Å². The third-order valence-electron chi connectivity index (χ3n) is 6.45. The molecule has 2 amide bonds. The van der Waals surface area contributed by atoms with Crippen LogP contribution < -0.4 is 9.64 Å². The largest absolute Gasteiger partial charge is 0.497 e. The van der Waals surface area contributed by atoms with E-state index < -0.39 is 5.25 Å². The Labute approximate surface area is 224 Å². The first kappa shape index (κ1) is 25.0. The molecular weight excluding hydrogens is 508 g/mol. The summed E-state index contributed by atoms with van der Waals surface area (Å²) in [5.41, 5.74) is 4.46. The van der Waals surface area contributed by atoms with Crippen molar-refractivity contribution in [1.29, 1.82) is 5.41 Å². The van der Waals surface area contributed by atoms with E-state index >= 15 is 0 Å². The van der Waals surface area contributed by atoms with Gasteiger partial charge < -0.3 is 4.74 Å². The number of rotatable bonds is 5. The Morgan fingerprint density at radius 3 is 2.32 bits per heavy atom. The van der Waals surface area contributed by atoms with E-state index in [2.05, 4.69) is 0 Å². The Morgan fingerprint density at radius 1 is 1.00 bits per heavy atom. The zero-order chi connectivity index (χ0) is 26.1. The van der Waals surface area contributed by atoms with Crippen LogP contribution in [0.25, 0.3) is 0 Å². The number of nitrogens with one attached hydrogen (secondary N) is 1. The number of methoxy groups -OCH3 is 1. The van der Waals surface area contributed by atoms with Crippen molar-refractivity contribution >= 4 is 51.7 Å². The maximum absolute atomic E-state index is 13.2. The average molecular weight is 533 g/mol. The minimum atomic E-state index is -0.702. The van der Waals surface area contributed by atoms with Gasteiger partial charge in [-0.1, -0.05) is 65.3 Å². The second kappa shape index (κ2) is 10.4. The summed E-state index contributed by atoms with van der Waals surface area (Å²) in [5.74, 6) is 0.00921. The van der Waals surface area contributed by atoms with Crippen LogP contribution in [0.1, 0.15) is 35.6 Å². The molecule has 2 aliphatic rings. The maximum Gasteiger partial charge on any atom is 0.247 e. The molecule has 1 N–H and O–H groups in total. The Hall–Kier alpha value is -3.62. The summed E-state index contributed by atoms with van der Waals surface area (Å²) < 4.78 is 5.17. The van der Waals surface area contributed by atoms with Crippen molar-refractivity contribution in [3.05, 3.63) is 94.5 Å². The molecule has 0 aliphatic carbocycles. The van der Waals surface area contributed by atoms with E-state index in [1.165, 1.54) is 4.90 Å². The van der Waals surface area contributed by atoms with Gasteiger partial charge >= 0.3 is 0 Å². The van der Waals surface area contributed by atoms with Crippen LogP contribution in [0.4, 0.5) is 5.69 Å². The summed E-state index contributed by atoms with van der Waals surface area (Å²) in [4.78, 5) is 27.2. The molecular formula is C28H25ClN4O3S. The third kappa shape index (κ3) is 5.12. The fraction of sp³-hybridized carbons (Fsp3) is 0.214.